The molecule has 1 aliphatic heterocycles. The number of benzene rings is 3. The lowest BCUT2D eigenvalue weighted by Crippen LogP contribution is -2.43. The number of carboxylic acids is 1. The van der Waals surface area contributed by atoms with Crippen LogP contribution in [0.2, 0.25) is 0 Å². The van der Waals surface area contributed by atoms with Gasteiger partial charge < -0.3 is 21.5 Å². The number of nitrogen functional groups attached to an aromatic ring is 1. The van der Waals surface area contributed by atoms with Gasteiger partial charge in [-0.3, -0.25) is 19.8 Å². The van der Waals surface area contributed by atoms with E-state index in [1.807, 2.05) is 48.5 Å². The molecule has 8 nitrogen and oxygen atoms in total. The fraction of sp³-hybridized carbons (Fsp3) is 0.267. The van der Waals surface area contributed by atoms with Gasteiger partial charge in [-0.15, -0.1) is 0 Å². The van der Waals surface area contributed by atoms with Gasteiger partial charge in [0, 0.05) is 24.2 Å². The number of rotatable bonds is 11. The van der Waals surface area contributed by atoms with Crippen LogP contribution in [-0.2, 0) is 16.0 Å². The van der Waals surface area contributed by atoms with Crippen molar-refractivity contribution in [1.29, 1.82) is 5.41 Å². The Morgan fingerprint density at radius 2 is 1.68 bits per heavy atom. The third-order valence-electron chi connectivity index (χ3n) is 7.24. The number of nitrogens with two attached hydrogens (primary N) is 2. The maximum Gasteiger partial charge on any atom is 0.304 e. The fourth-order valence-corrected chi connectivity index (χ4v) is 5.17. The summed E-state index contributed by atoms with van der Waals surface area (Å²) in [6, 6.07) is 23.4. The summed E-state index contributed by atoms with van der Waals surface area (Å²) in [6.07, 6.45) is 1.02. The number of carboxylic acid groups (broad SMARTS) is 1. The Kier molecular flexibility index (Phi) is 8.02. The van der Waals surface area contributed by atoms with E-state index in [-0.39, 0.29) is 30.5 Å². The summed E-state index contributed by atoms with van der Waals surface area (Å²) in [7, 11) is 0. The van der Waals surface area contributed by atoms with Crippen molar-refractivity contribution in [2.75, 3.05) is 13.1 Å². The molecule has 3 aromatic rings. The zero-order valence-corrected chi connectivity index (χ0v) is 21.1. The second-order valence-corrected chi connectivity index (χ2v) is 9.80. The van der Waals surface area contributed by atoms with Crippen LogP contribution in [0.5, 0.6) is 0 Å². The third kappa shape index (κ3) is 5.65. The molecule has 1 fully saturated rings. The first-order chi connectivity index (χ1) is 18.2. The highest BCUT2D eigenvalue weighted by Gasteiger charge is 2.53. The molecule has 0 unspecified atom stereocenters. The first-order valence-electron chi connectivity index (χ1n) is 12.6. The molecule has 0 bridgehead atoms. The molecule has 0 saturated carbocycles. The molecule has 0 radical (unpaired) electrons. The molecular formula is C30H32N4O4. The monoisotopic (exact) mass is 512 g/mol. The number of amides is 1. The van der Waals surface area contributed by atoms with E-state index in [1.54, 1.807) is 30.3 Å². The summed E-state index contributed by atoms with van der Waals surface area (Å²) >= 11 is 0. The average molecular weight is 513 g/mol. The zero-order chi connectivity index (χ0) is 27.3. The lowest BCUT2D eigenvalue weighted by Gasteiger charge is -2.25. The predicted molar refractivity (Wildman–Crippen MR) is 146 cm³/mol. The molecule has 8 heteroatoms. The fourth-order valence-electron chi connectivity index (χ4n) is 5.17. The molecule has 0 aromatic heterocycles. The van der Waals surface area contributed by atoms with E-state index in [0.29, 0.717) is 24.1 Å². The number of Topliss-reactive ketones (excluding diaryl/α,β-unsaturated/α-hetero) is 1. The number of amidine groups is 1. The number of likely N-dealkylation sites (tertiary alicyclic amines) is 1. The maximum absolute atomic E-state index is 13.8. The topological polar surface area (TPSA) is 151 Å². The molecule has 0 spiro atoms. The van der Waals surface area contributed by atoms with Crippen molar-refractivity contribution in [3.05, 3.63) is 95.6 Å². The molecule has 6 N–H and O–H groups in total. The number of ketones is 1. The Labute approximate surface area is 221 Å². The van der Waals surface area contributed by atoms with Crippen LogP contribution in [-0.4, -0.2) is 52.6 Å². The minimum atomic E-state index is -1.31. The lowest BCUT2D eigenvalue weighted by molar-refractivity contribution is -0.146. The Morgan fingerprint density at radius 3 is 2.32 bits per heavy atom. The lowest BCUT2D eigenvalue weighted by atomic mass is 9.80. The number of nitrogens with zero attached hydrogens (tertiary/aromatic N) is 1. The Balaban J connectivity index is 1.60. The van der Waals surface area contributed by atoms with E-state index >= 15 is 0 Å². The Morgan fingerprint density at radius 1 is 0.974 bits per heavy atom. The van der Waals surface area contributed by atoms with Crippen LogP contribution in [0.25, 0.3) is 11.1 Å². The summed E-state index contributed by atoms with van der Waals surface area (Å²) in [5.74, 6) is -1.74. The number of hydrogen-bond acceptors (Lipinski definition) is 5. The smallest absolute Gasteiger partial charge is 0.304 e. The molecule has 1 amide bonds. The highest BCUT2D eigenvalue weighted by atomic mass is 16.4. The summed E-state index contributed by atoms with van der Waals surface area (Å²) < 4.78 is 0. The van der Waals surface area contributed by atoms with E-state index in [4.69, 9.17) is 16.9 Å². The van der Waals surface area contributed by atoms with E-state index in [9.17, 15) is 19.5 Å². The van der Waals surface area contributed by atoms with Crippen LogP contribution < -0.4 is 11.5 Å². The third-order valence-corrected chi connectivity index (χ3v) is 7.24. The first-order valence-corrected chi connectivity index (χ1v) is 12.6. The molecule has 0 aliphatic carbocycles. The van der Waals surface area contributed by atoms with Crippen molar-refractivity contribution in [2.24, 2.45) is 16.9 Å². The van der Waals surface area contributed by atoms with Gasteiger partial charge in [0.1, 0.15) is 5.84 Å². The first kappa shape index (κ1) is 26.8. The number of aryl methyl sites for hydroxylation is 1. The van der Waals surface area contributed by atoms with Gasteiger partial charge in [-0.25, -0.2) is 0 Å². The number of aliphatic carboxylic acids is 1. The van der Waals surface area contributed by atoms with Crippen molar-refractivity contribution in [3.8, 4) is 11.1 Å². The minimum Gasteiger partial charge on any atom is -0.481 e. The Hall–Kier alpha value is -4.30. The van der Waals surface area contributed by atoms with Crippen LogP contribution in [0, 0.1) is 10.8 Å². The van der Waals surface area contributed by atoms with Gasteiger partial charge in [0.15, 0.2) is 5.78 Å². The van der Waals surface area contributed by atoms with Gasteiger partial charge in [-0.05, 0) is 42.0 Å². The molecule has 1 heterocycles. The molecule has 1 saturated heterocycles. The molecule has 4 rings (SSSR count). The van der Waals surface area contributed by atoms with Crippen molar-refractivity contribution in [3.63, 3.8) is 0 Å². The Bertz CT molecular complexity index is 1340. The van der Waals surface area contributed by atoms with Gasteiger partial charge in [-0.1, -0.05) is 72.8 Å². The number of nitrogens with one attached hydrogen (secondary N) is 1. The van der Waals surface area contributed by atoms with Crippen molar-refractivity contribution in [1.82, 2.24) is 4.90 Å². The van der Waals surface area contributed by atoms with Crippen molar-refractivity contribution in [2.45, 2.75) is 31.7 Å². The van der Waals surface area contributed by atoms with Crippen molar-refractivity contribution >= 4 is 23.5 Å². The second kappa shape index (κ2) is 11.4. The summed E-state index contributed by atoms with van der Waals surface area (Å²) in [5.41, 5.74) is 14.1. The van der Waals surface area contributed by atoms with Gasteiger partial charge in [0.25, 0.3) is 0 Å². The van der Waals surface area contributed by atoms with Crippen LogP contribution in [0.3, 0.4) is 0 Å². The van der Waals surface area contributed by atoms with E-state index in [2.05, 4.69) is 0 Å². The number of carbonyl (C=O) groups excluding carboxylic acids is 2. The van der Waals surface area contributed by atoms with Gasteiger partial charge in [-0.2, -0.15) is 0 Å². The standard InChI is InChI=1S/C30H32N4O4/c31-19-30(18-26(35)36)17-25(34(29(30)38)15-5-8-20-6-2-1-3-7-20)27(37)24-10-4-9-23(16-24)21-11-13-22(14-12-21)28(32)33/h1-4,6-7,9-14,16,25H,5,8,15,17-19,31H2,(H3,32,33)(H,35,36)/t25-,30-/m0/s1. The number of hydrogen-bond donors (Lipinski definition) is 4. The van der Waals surface area contributed by atoms with Crippen LogP contribution in [0.15, 0.2) is 78.9 Å². The zero-order valence-electron chi connectivity index (χ0n) is 21.1. The average Bonchev–Trinajstić information content (AvgIpc) is 3.20. The minimum absolute atomic E-state index is 0.0246. The molecule has 3 aromatic carbocycles. The quantitative estimate of drug-likeness (QED) is 0.175. The van der Waals surface area contributed by atoms with Gasteiger partial charge in [0.2, 0.25) is 5.91 Å². The van der Waals surface area contributed by atoms with Crippen LogP contribution >= 0.6 is 0 Å². The SMILES string of the molecule is N=C(N)c1ccc(-c2cccc(C(=O)[C@@H]3C[C@@](CN)(CC(=O)O)C(=O)N3CCCc3ccccc3)c2)cc1. The number of carbonyl (C=O) groups is 3. The normalized spacial score (nSPS) is 18.9. The predicted octanol–water partition coefficient (Wildman–Crippen LogP) is 3.47. The molecule has 38 heavy (non-hydrogen) atoms. The van der Waals surface area contributed by atoms with Gasteiger partial charge >= 0.3 is 5.97 Å². The molecule has 2 atom stereocenters. The highest BCUT2D eigenvalue weighted by Crippen LogP contribution is 2.40. The molecule has 1 aliphatic rings. The van der Waals surface area contributed by atoms with Crippen molar-refractivity contribution < 1.29 is 19.5 Å². The molecular weight excluding hydrogens is 480 g/mol. The van der Waals surface area contributed by atoms with Crippen LogP contribution in [0.1, 0.15) is 40.7 Å². The summed E-state index contributed by atoms with van der Waals surface area (Å²) in [5, 5.41) is 17.1. The summed E-state index contributed by atoms with van der Waals surface area (Å²) in [6.45, 7) is 0.192. The van der Waals surface area contributed by atoms with E-state index in [0.717, 1.165) is 23.1 Å². The highest BCUT2D eigenvalue weighted by molar-refractivity contribution is 6.05. The maximum atomic E-state index is 13.8. The largest absolute Gasteiger partial charge is 0.481 e. The molecule has 196 valence electrons. The summed E-state index contributed by atoms with van der Waals surface area (Å²) in [4.78, 5) is 40.6. The van der Waals surface area contributed by atoms with E-state index in [1.165, 1.54) is 4.90 Å². The second-order valence-electron chi connectivity index (χ2n) is 9.80. The van der Waals surface area contributed by atoms with Crippen LogP contribution in [0.4, 0.5) is 0 Å². The van der Waals surface area contributed by atoms with Gasteiger partial charge in [0.05, 0.1) is 17.9 Å². The van der Waals surface area contributed by atoms with E-state index < -0.39 is 23.8 Å².